The Bertz CT molecular complexity index is 180. The van der Waals surface area contributed by atoms with Crippen molar-refractivity contribution >= 4 is 23.2 Å². The number of carbonyl (C=O) groups excluding carboxylic acids is 1. The van der Waals surface area contributed by atoms with E-state index in [2.05, 4.69) is 4.74 Å². The lowest BCUT2D eigenvalue weighted by Crippen LogP contribution is -2.30. The second-order valence-corrected chi connectivity index (χ2v) is 3.58. The van der Waals surface area contributed by atoms with Crippen LogP contribution in [0, 0.1) is 11.8 Å². The van der Waals surface area contributed by atoms with E-state index in [1.54, 1.807) is 0 Å². The third-order valence-electron chi connectivity index (χ3n) is 1.54. The molecule has 0 aliphatic carbocycles. The van der Waals surface area contributed by atoms with Gasteiger partial charge in [0.15, 0.2) is 0 Å². The Labute approximate surface area is 78.3 Å². The van der Waals surface area contributed by atoms with Crippen LogP contribution in [0.4, 0.5) is 0 Å². The van der Waals surface area contributed by atoms with Gasteiger partial charge in [-0.15, -0.1) is 0 Å². The molecule has 0 amide bonds. The lowest BCUT2D eigenvalue weighted by atomic mass is 9.97. The Kier molecular flexibility index (Phi) is 4.81. The molecule has 0 aromatic carbocycles. The minimum Gasteiger partial charge on any atom is -0.468 e. The molecular weight excluding hydrogens is 174 g/mol. The second kappa shape index (κ2) is 5.09. The van der Waals surface area contributed by atoms with Crippen LogP contribution in [0.15, 0.2) is 0 Å². The Morgan fingerprint density at radius 3 is 2.33 bits per heavy atom. The van der Waals surface area contributed by atoms with Gasteiger partial charge in [0.05, 0.1) is 12.1 Å². The molecule has 0 saturated carbocycles. The van der Waals surface area contributed by atoms with Gasteiger partial charge in [0.2, 0.25) is 0 Å². The molecule has 0 fully saturated rings. The van der Waals surface area contributed by atoms with Crippen LogP contribution in [0.2, 0.25) is 0 Å². The molecule has 0 aliphatic rings. The van der Waals surface area contributed by atoms with Crippen molar-refractivity contribution in [2.24, 2.45) is 17.6 Å². The third-order valence-corrected chi connectivity index (χ3v) is 1.82. The average molecular weight is 189 g/mol. The van der Waals surface area contributed by atoms with Crippen LogP contribution in [0.5, 0.6) is 0 Å². The SMILES string of the molecule is COC(=O)C(CC(C)C)C(N)=S. The first-order chi connectivity index (χ1) is 5.49. The summed E-state index contributed by atoms with van der Waals surface area (Å²) in [4.78, 5) is 11.3. The van der Waals surface area contributed by atoms with Crippen molar-refractivity contribution in [3.05, 3.63) is 0 Å². The van der Waals surface area contributed by atoms with E-state index >= 15 is 0 Å². The number of ether oxygens (including phenoxy) is 1. The summed E-state index contributed by atoms with van der Waals surface area (Å²) in [6, 6.07) is 0. The second-order valence-electron chi connectivity index (χ2n) is 3.11. The molecule has 70 valence electrons. The van der Waals surface area contributed by atoms with Crippen molar-refractivity contribution in [3.8, 4) is 0 Å². The van der Waals surface area contributed by atoms with Crippen LogP contribution in [0.1, 0.15) is 20.3 Å². The zero-order chi connectivity index (χ0) is 9.72. The maximum Gasteiger partial charge on any atom is 0.315 e. The van der Waals surface area contributed by atoms with Crippen molar-refractivity contribution in [1.82, 2.24) is 0 Å². The predicted octanol–water partition coefficient (Wildman–Crippen LogP) is 1.11. The first-order valence-electron chi connectivity index (χ1n) is 3.86. The minimum absolute atomic E-state index is 0.218. The highest BCUT2D eigenvalue weighted by Gasteiger charge is 2.22. The normalized spacial score (nSPS) is 12.7. The van der Waals surface area contributed by atoms with Crippen LogP contribution in [-0.2, 0) is 9.53 Å². The minimum atomic E-state index is -0.426. The molecule has 0 saturated heterocycles. The number of rotatable bonds is 4. The van der Waals surface area contributed by atoms with Crippen molar-refractivity contribution in [2.75, 3.05) is 7.11 Å². The van der Waals surface area contributed by atoms with Crippen LogP contribution < -0.4 is 5.73 Å². The van der Waals surface area contributed by atoms with Gasteiger partial charge in [0.1, 0.15) is 5.92 Å². The van der Waals surface area contributed by atoms with Gasteiger partial charge in [0, 0.05) is 0 Å². The fourth-order valence-corrected chi connectivity index (χ4v) is 1.13. The largest absolute Gasteiger partial charge is 0.468 e. The van der Waals surface area contributed by atoms with Gasteiger partial charge in [0.25, 0.3) is 0 Å². The molecule has 0 heterocycles. The molecule has 1 unspecified atom stereocenters. The molecule has 0 aromatic heterocycles. The van der Waals surface area contributed by atoms with Crippen molar-refractivity contribution in [3.63, 3.8) is 0 Å². The molecule has 12 heavy (non-hydrogen) atoms. The molecular formula is C8H15NO2S. The van der Waals surface area contributed by atoms with E-state index in [-0.39, 0.29) is 11.0 Å². The highest BCUT2D eigenvalue weighted by Crippen LogP contribution is 2.13. The Morgan fingerprint density at radius 1 is 1.58 bits per heavy atom. The smallest absolute Gasteiger partial charge is 0.315 e. The summed E-state index contributed by atoms with van der Waals surface area (Å²) in [5.74, 6) is -0.378. The first-order valence-corrected chi connectivity index (χ1v) is 4.27. The van der Waals surface area contributed by atoms with E-state index in [0.717, 1.165) is 0 Å². The Morgan fingerprint density at radius 2 is 2.08 bits per heavy atom. The molecule has 0 radical (unpaired) electrons. The van der Waals surface area contributed by atoms with Gasteiger partial charge in [-0.1, -0.05) is 26.1 Å². The van der Waals surface area contributed by atoms with Crippen LogP contribution in [-0.4, -0.2) is 18.1 Å². The maximum atomic E-state index is 11.1. The maximum absolute atomic E-state index is 11.1. The number of thiocarbonyl (C=S) groups is 1. The third kappa shape index (κ3) is 3.67. The van der Waals surface area contributed by atoms with E-state index in [0.29, 0.717) is 12.3 Å². The summed E-state index contributed by atoms with van der Waals surface area (Å²) in [6.07, 6.45) is 0.655. The predicted molar refractivity (Wildman–Crippen MR) is 51.7 cm³/mol. The van der Waals surface area contributed by atoms with Gasteiger partial charge in [-0.05, 0) is 12.3 Å². The van der Waals surface area contributed by atoms with Gasteiger partial charge in [-0.3, -0.25) is 4.79 Å². The van der Waals surface area contributed by atoms with Crippen molar-refractivity contribution in [1.29, 1.82) is 0 Å². The van der Waals surface area contributed by atoms with Gasteiger partial charge in [-0.2, -0.15) is 0 Å². The summed E-state index contributed by atoms with van der Waals surface area (Å²) < 4.78 is 4.57. The van der Waals surface area contributed by atoms with Gasteiger partial charge < -0.3 is 10.5 Å². The van der Waals surface area contributed by atoms with Crippen molar-refractivity contribution in [2.45, 2.75) is 20.3 Å². The number of hydrogen-bond acceptors (Lipinski definition) is 3. The molecule has 1 atom stereocenters. The molecule has 3 nitrogen and oxygen atoms in total. The van der Waals surface area contributed by atoms with E-state index in [1.807, 2.05) is 13.8 Å². The van der Waals surface area contributed by atoms with Crippen molar-refractivity contribution < 1.29 is 9.53 Å². The highest BCUT2D eigenvalue weighted by molar-refractivity contribution is 7.80. The summed E-state index contributed by atoms with van der Waals surface area (Å²) in [5, 5.41) is 0. The van der Waals surface area contributed by atoms with E-state index < -0.39 is 5.92 Å². The fourth-order valence-electron chi connectivity index (χ4n) is 0.942. The molecule has 0 rings (SSSR count). The zero-order valence-electron chi connectivity index (χ0n) is 7.66. The lowest BCUT2D eigenvalue weighted by molar-refractivity contribution is -0.143. The van der Waals surface area contributed by atoms with Gasteiger partial charge in [-0.25, -0.2) is 0 Å². The molecule has 0 aliphatic heterocycles. The monoisotopic (exact) mass is 189 g/mol. The lowest BCUT2D eigenvalue weighted by Gasteiger charge is -2.14. The first kappa shape index (κ1) is 11.4. The van der Waals surface area contributed by atoms with Crippen LogP contribution in [0.25, 0.3) is 0 Å². The molecule has 4 heteroatoms. The zero-order valence-corrected chi connectivity index (χ0v) is 8.48. The Balaban J connectivity index is 4.23. The topological polar surface area (TPSA) is 52.3 Å². The number of hydrogen-bond donors (Lipinski definition) is 1. The molecule has 0 spiro atoms. The number of nitrogens with two attached hydrogens (primary N) is 1. The summed E-state index contributed by atoms with van der Waals surface area (Å²) in [7, 11) is 1.34. The van der Waals surface area contributed by atoms with Crippen LogP contribution in [0.3, 0.4) is 0 Å². The fraction of sp³-hybridized carbons (Fsp3) is 0.750. The molecule has 0 bridgehead atoms. The van der Waals surface area contributed by atoms with E-state index in [1.165, 1.54) is 7.11 Å². The summed E-state index contributed by atoms with van der Waals surface area (Å²) >= 11 is 4.75. The molecule has 2 N–H and O–H groups in total. The summed E-state index contributed by atoms with van der Waals surface area (Å²) in [6.45, 7) is 4.02. The van der Waals surface area contributed by atoms with E-state index in [4.69, 9.17) is 18.0 Å². The summed E-state index contributed by atoms with van der Waals surface area (Å²) in [5.41, 5.74) is 5.39. The number of methoxy groups -OCH3 is 1. The Hall–Kier alpha value is -0.640. The van der Waals surface area contributed by atoms with E-state index in [9.17, 15) is 4.79 Å². The molecule has 0 aromatic rings. The quantitative estimate of drug-likeness (QED) is 0.531. The van der Waals surface area contributed by atoms with Crippen LogP contribution >= 0.6 is 12.2 Å². The standard InChI is InChI=1S/C8H15NO2S/c1-5(2)4-6(7(9)12)8(10)11-3/h5-6H,4H2,1-3H3,(H2,9,12). The average Bonchev–Trinajstić information content (AvgIpc) is 1.98. The number of carbonyl (C=O) groups is 1. The van der Waals surface area contributed by atoms with Gasteiger partial charge >= 0.3 is 5.97 Å². The highest BCUT2D eigenvalue weighted by atomic mass is 32.1. The number of esters is 1.